The molecule has 31 heavy (non-hydrogen) atoms. The molecule has 0 saturated heterocycles. The third-order valence-corrected chi connectivity index (χ3v) is 5.71. The van der Waals surface area contributed by atoms with E-state index in [0.29, 0.717) is 32.7 Å². The molecule has 9 nitrogen and oxygen atoms in total. The fraction of sp³-hybridized carbons (Fsp3) is 0. The van der Waals surface area contributed by atoms with Gasteiger partial charge in [-0.15, -0.1) is 0 Å². The molecule has 0 fully saturated rings. The van der Waals surface area contributed by atoms with E-state index < -0.39 is 15.0 Å². The molecule has 0 unspecified atom stereocenters. The zero-order valence-electron chi connectivity index (χ0n) is 15.6. The predicted octanol–water partition coefficient (Wildman–Crippen LogP) is 1.85. The minimum Gasteiger partial charge on any atom is -0.870 e. The fourth-order valence-electron chi connectivity index (χ4n) is 3.53. The number of H-pyrrole nitrogens is 2. The summed E-state index contributed by atoms with van der Waals surface area (Å²) in [6, 6.07) is 13.8. The molecule has 11 heteroatoms. The second kappa shape index (κ2) is 8.24. The van der Waals surface area contributed by atoms with E-state index >= 15 is 0 Å². The third kappa shape index (κ3) is 3.75. The van der Waals surface area contributed by atoms with Gasteiger partial charge < -0.3 is 25.5 Å². The Morgan fingerprint density at radius 3 is 1.71 bits per heavy atom. The maximum Gasteiger partial charge on any atom is 3.00 e. The Morgan fingerprint density at radius 1 is 0.645 bits per heavy atom. The first-order valence-corrected chi connectivity index (χ1v) is 9.74. The van der Waals surface area contributed by atoms with Gasteiger partial charge in [-0.05, 0) is 42.5 Å². The van der Waals surface area contributed by atoms with E-state index in [2.05, 4.69) is 9.97 Å². The Hall–Kier alpha value is -3.04. The van der Waals surface area contributed by atoms with Gasteiger partial charge in [0.25, 0.3) is 0 Å². The molecule has 2 heterocycles. The van der Waals surface area contributed by atoms with Gasteiger partial charge in [0.05, 0.1) is 21.4 Å². The predicted molar refractivity (Wildman–Crippen MR) is 115 cm³/mol. The van der Waals surface area contributed by atoms with Crippen molar-refractivity contribution in [3.05, 3.63) is 75.0 Å². The molecule has 3 aromatic carbocycles. The van der Waals surface area contributed by atoms with Crippen LogP contribution in [0, 0.1) is 0 Å². The second-order valence-electron chi connectivity index (χ2n) is 6.56. The van der Waals surface area contributed by atoms with Crippen molar-refractivity contribution in [2.45, 2.75) is 4.90 Å². The van der Waals surface area contributed by atoms with Crippen LogP contribution < -0.4 is 10.9 Å². The number of pyridine rings is 2. The van der Waals surface area contributed by atoms with E-state index in [1.807, 2.05) is 6.07 Å². The SMILES string of the molecule is O=c1c2ccccc2[nH]c2cc3c(=O)c4ccc(S(=O)(=O)[O-])cc4[nH]c3cc12.[Al+3].[OH-].[OH-]. The van der Waals surface area contributed by atoms with Gasteiger partial charge in [-0.3, -0.25) is 9.59 Å². The first-order valence-electron chi connectivity index (χ1n) is 8.33. The summed E-state index contributed by atoms with van der Waals surface area (Å²) >= 11 is 0. The molecule has 0 spiro atoms. The van der Waals surface area contributed by atoms with E-state index in [4.69, 9.17) is 0 Å². The van der Waals surface area contributed by atoms with Crippen molar-refractivity contribution in [1.29, 1.82) is 0 Å². The van der Waals surface area contributed by atoms with Crippen LogP contribution in [0.2, 0.25) is 0 Å². The number of hydrogen-bond donors (Lipinski definition) is 2. The zero-order chi connectivity index (χ0) is 19.6. The second-order valence-corrected chi connectivity index (χ2v) is 7.94. The average molecular weight is 452 g/mol. The summed E-state index contributed by atoms with van der Waals surface area (Å²) in [5.74, 6) is 0. The van der Waals surface area contributed by atoms with Crippen molar-refractivity contribution < 1.29 is 23.9 Å². The van der Waals surface area contributed by atoms with E-state index in [0.717, 1.165) is 12.1 Å². The Morgan fingerprint density at radius 2 is 1.13 bits per heavy atom. The molecule has 0 aliphatic carbocycles. The quantitative estimate of drug-likeness (QED) is 0.221. The summed E-state index contributed by atoms with van der Waals surface area (Å²) in [4.78, 5) is 31.5. The molecule has 0 saturated carbocycles. The number of aromatic nitrogens is 2. The van der Waals surface area contributed by atoms with Crippen LogP contribution in [0.4, 0.5) is 0 Å². The molecule has 154 valence electrons. The van der Waals surface area contributed by atoms with Crippen LogP contribution in [0.1, 0.15) is 0 Å². The summed E-state index contributed by atoms with van der Waals surface area (Å²) < 4.78 is 33.8. The number of fused-ring (bicyclic) bond motifs is 4. The third-order valence-electron chi connectivity index (χ3n) is 4.88. The minimum absolute atomic E-state index is 0. The van der Waals surface area contributed by atoms with Crippen molar-refractivity contribution in [3.8, 4) is 0 Å². The molecule has 0 atom stereocenters. The fourth-order valence-corrected chi connectivity index (χ4v) is 4.03. The zero-order valence-corrected chi connectivity index (χ0v) is 17.6. The largest absolute Gasteiger partial charge is 3.00 e. The van der Waals surface area contributed by atoms with E-state index in [1.54, 1.807) is 30.3 Å². The first-order chi connectivity index (χ1) is 13.3. The van der Waals surface area contributed by atoms with Crippen LogP contribution in [0.3, 0.4) is 0 Å². The maximum absolute atomic E-state index is 12.9. The molecule has 4 N–H and O–H groups in total. The molecule has 5 aromatic rings. The monoisotopic (exact) mass is 452 g/mol. The van der Waals surface area contributed by atoms with Gasteiger partial charge in [0.2, 0.25) is 0 Å². The van der Waals surface area contributed by atoms with Crippen molar-refractivity contribution >= 4 is 71.1 Å². The standard InChI is InChI=1S/C20H12N2O5S.Al.2H2O/c23-19-11-3-1-2-4-15(11)21-17-8-14-18(9-13(17)19)22-16-7-10(28(25,26)27)5-6-12(16)20(14)24;;;/h1-9H,(H,21,23)(H,22,24)(H,25,26,27);;2*1H2/q;+3;;/p-3. The van der Waals surface area contributed by atoms with Gasteiger partial charge in [0.15, 0.2) is 10.9 Å². The summed E-state index contributed by atoms with van der Waals surface area (Å²) in [6.07, 6.45) is 0. The van der Waals surface area contributed by atoms with Gasteiger partial charge in [0.1, 0.15) is 10.1 Å². The van der Waals surface area contributed by atoms with E-state index in [-0.39, 0.29) is 50.1 Å². The summed E-state index contributed by atoms with van der Waals surface area (Å²) in [5, 5.41) is 1.53. The molecule has 0 aliphatic heterocycles. The smallest absolute Gasteiger partial charge is 0.870 e. The van der Waals surface area contributed by atoms with E-state index in [9.17, 15) is 22.6 Å². The van der Waals surface area contributed by atoms with Gasteiger partial charge in [-0.2, -0.15) is 0 Å². The minimum atomic E-state index is -4.65. The van der Waals surface area contributed by atoms with Crippen LogP contribution in [0.15, 0.2) is 69.1 Å². The molecule has 2 aromatic heterocycles. The Bertz CT molecular complexity index is 1690. The summed E-state index contributed by atoms with van der Waals surface area (Å²) in [5.41, 5.74) is 1.29. The van der Waals surface area contributed by atoms with Crippen molar-refractivity contribution in [1.82, 2.24) is 9.97 Å². The summed E-state index contributed by atoms with van der Waals surface area (Å²) in [6.45, 7) is 0. The number of benzene rings is 3. The Kier molecular flexibility index (Phi) is 6.44. The molecule has 0 aliphatic rings. The van der Waals surface area contributed by atoms with Crippen molar-refractivity contribution in [2.75, 3.05) is 0 Å². The Labute approximate surface area is 184 Å². The molecular weight excluding hydrogens is 439 g/mol. The van der Waals surface area contributed by atoms with Crippen LogP contribution in [0.5, 0.6) is 0 Å². The first kappa shape index (κ1) is 24.2. The normalized spacial score (nSPS) is 11.1. The van der Waals surface area contributed by atoms with Gasteiger partial charge >= 0.3 is 17.4 Å². The molecule has 0 bridgehead atoms. The molecule has 0 radical (unpaired) electrons. The number of rotatable bonds is 1. The van der Waals surface area contributed by atoms with Gasteiger partial charge in [-0.25, -0.2) is 8.42 Å². The molecular formula is C20H13AlN2O7S. The Balaban J connectivity index is 0.00000114. The topological polar surface area (TPSA) is 183 Å². The van der Waals surface area contributed by atoms with E-state index in [1.165, 1.54) is 6.07 Å². The maximum atomic E-state index is 12.9. The van der Waals surface area contributed by atoms with Crippen LogP contribution in [0.25, 0.3) is 43.6 Å². The summed E-state index contributed by atoms with van der Waals surface area (Å²) in [7, 11) is -4.65. The number of aromatic amines is 2. The number of hydrogen-bond acceptors (Lipinski definition) is 7. The van der Waals surface area contributed by atoms with Crippen LogP contribution >= 0.6 is 0 Å². The average Bonchev–Trinajstić information content (AvgIpc) is 2.67. The van der Waals surface area contributed by atoms with Crippen molar-refractivity contribution in [2.24, 2.45) is 0 Å². The van der Waals surface area contributed by atoms with Crippen LogP contribution in [-0.2, 0) is 10.1 Å². The molecule has 0 amide bonds. The van der Waals surface area contributed by atoms with Gasteiger partial charge in [0, 0.05) is 27.1 Å². The number of para-hydroxylation sites is 1. The van der Waals surface area contributed by atoms with Crippen LogP contribution in [-0.4, -0.2) is 51.3 Å². The molecule has 5 rings (SSSR count). The van der Waals surface area contributed by atoms with Gasteiger partial charge in [-0.1, -0.05) is 12.1 Å². The van der Waals surface area contributed by atoms with Crippen molar-refractivity contribution in [3.63, 3.8) is 0 Å². The number of nitrogens with one attached hydrogen (secondary N) is 2.